The summed E-state index contributed by atoms with van der Waals surface area (Å²) in [4.78, 5) is 4.71. The van der Waals surface area contributed by atoms with Crippen molar-refractivity contribution in [1.29, 1.82) is 0 Å². The smallest absolute Gasteiger partial charge is 0.225 e. The van der Waals surface area contributed by atoms with Crippen LogP contribution >= 0.6 is 0 Å². The fraction of sp³-hybridized carbons (Fsp3) is 0.0357. The summed E-state index contributed by atoms with van der Waals surface area (Å²) >= 11 is 0. The second kappa shape index (κ2) is 10.1. The summed E-state index contributed by atoms with van der Waals surface area (Å²) in [6, 6.07) is 37.6. The van der Waals surface area contributed by atoms with E-state index in [-0.39, 0.29) is 0 Å². The third kappa shape index (κ3) is 5.71. The first-order valence-corrected chi connectivity index (χ1v) is 10.1. The number of para-hydroxylation sites is 2. The van der Waals surface area contributed by atoms with Crippen molar-refractivity contribution in [3.63, 3.8) is 0 Å². The molecule has 0 spiro atoms. The molecule has 0 aliphatic carbocycles. The van der Waals surface area contributed by atoms with E-state index in [1.165, 1.54) is 0 Å². The third-order valence-corrected chi connectivity index (χ3v) is 4.59. The summed E-state index contributed by atoms with van der Waals surface area (Å²) in [5.41, 5.74) is 3.80. The van der Waals surface area contributed by atoms with Gasteiger partial charge in [-0.05, 0) is 54.4 Å². The summed E-state index contributed by atoms with van der Waals surface area (Å²) in [7, 11) is 0. The summed E-state index contributed by atoms with van der Waals surface area (Å²) in [6.45, 7) is 1.92. The van der Waals surface area contributed by atoms with Crippen molar-refractivity contribution in [2.45, 2.75) is 6.92 Å². The highest BCUT2D eigenvalue weighted by Gasteiger charge is 2.09. The molecule has 3 nitrogen and oxygen atoms in total. The third-order valence-electron chi connectivity index (χ3n) is 4.59. The average Bonchev–Trinajstić information content (AvgIpc) is 2.84. The quantitative estimate of drug-likeness (QED) is 0.189. The first-order chi connectivity index (χ1) is 15.3. The molecule has 3 heteroatoms. The molecule has 0 heterocycles. The van der Waals surface area contributed by atoms with Crippen LogP contribution in [0, 0.1) is 0 Å². The van der Waals surface area contributed by atoms with Crippen LogP contribution in [0.25, 0.3) is 11.1 Å². The lowest BCUT2D eigenvalue weighted by molar-refractivity contribution is 0.473. The van der Waals surface area contributed by atoms with E-state index in [9.17, 15) is 0 Å². The van der Waals surface area contributed by atoms with Crippen molar-refractivity contribution in [1.82, 2.24) is 0 Å². The molecule has 0 aromatic heterocycles. The van der Waals surface area contributed by atoms with Crippen molar-refractivity contribution in [3.8, 4) is 22.6 Å². The van der Waals surface area contributed by atoms with Crippen LogP contribution in [0.3, 0.4) is 0 Å². The Morgan fingerprint density at radius 3 is 1.94 bits per heavy atom. The van der Waals surface area contributed by atoms with Crippen LogP contribution in [0.2, 0.25) is 0 Å². The Morgan fingerprint density at radius 2 is 1.23 bits per heavy atom. The van der Waals surface area contributed by atoms with Gasteiger partial charge in [0.25, 0.3) is 0 Å². The summed E-state index contributed by atoms with van der Waals surface area (Å²) in [5.74, 6) is 1.95. The van der Waals surface area contributed by atoms with E-state index >= 15 is 0 Å². The normalized spacial score (nSPS) is 11.8. The maximum atomic E-state index is 6.23. The Morgan fingerprint density at radius 1 is 0.645 bits per heavy atom. The zero-order valence-corrected chi connectivity index (χ0v) is 17.3. The number of hydrogen-bond donors (Lipinski definition) is 0. The summed E-state index contributed by atoms with van der Waals surface area (Å²) < 4.78 is 12.0. The number of hydrogen-bond acceptors (Lipinski definition) is 3. The highest BCUT2D eigenvalue weighted by molar-refractivity contribution is 5.96. The molecule has 0 saturated carbocycles. The Balaban J connectivity index is 1.63. The maximum absolute atomic E-state index is 6.23. The van der Waals surface area contributed by atoms with Crippen molar-refractivity contribution in [2.24, 2.45) is 4.99 Å². The van der Waals surface area contributed by atoms with Crippen molar-refractivity contribution in [2.75, 3.05) is 0 Å². The van der Waals surface area contributed by atoms with E-state index in [4.69, 9.17) is 14.5 Å². The van der Waals surface area contributed by atoms with Crippen LogP contribution in [0.4, 0.5) is 5.69 Å². The Bertz CT molecular complexity index is 1170. The van der Waals surface area contributed by atoms with Crippen LogP contribution in [0.1, 0.15) is 6.92 Å². The van der Waals surface area contributed by atoms with Gasteiger partial charge in [-0.25, -0.2) is 4.99 Å². The molecule has 0 N–H and O–H groups in total. The van der Waals surface area contributed by atoms with Crippen LogP contribution in [-0.4, -0.2) is 5.90 Å². The molecule has 0 radical (unpaired) electrons. The largest absolute Gasteiger partial charge is 0.465 e. The lowest BCUT2D eigenvalue weighted by atomic mass is 10.1. The predicted octanol–water partition coefficient (Wildman–Crippen LogP) is 7.45. The van der Waals surface area contributed by atoms with Crippen molar-refractivity contribution < 1.29 is 9.47 Å². The Labute approximate surface area is 182 Å². The van der Waals surface area contributed by atoms with Crippen LogP contribution in [0.15, 0.2) is 132 Å². The molecule has 4 rings (SSSR count). The van der Waals surface area contributed by atoms with Crippen LogP contribution in [-0.2, 0) is 0 Å². The SMILES string of the molecule is CC(=C\Oc1ccccc1)/C(=N\c1ccccc1)Oc1cccc(-c2ccccc2)c1. The van der Waals surface area contributed by atoms with Gasteiger partial charge in [-0.3, -0.25) is 0 Å². The minimum absolute atomic E-state index is 0.479. The molecule has 0 atom stereocenters. The van der Waals surface area contributed by atoms with Gasteiger partial charge in [0.1, 0.15) is 11.5 Å². The summed E-state index contributed by atoms with van der Waals surface area (Å²) in [5, 5.41) is 0. The molecular weight excluding hydrogens is 382 g/mol. The number of benzene rings is 4. The van der Waals surface area contributed by atoms with Gasteiger partial charge in [-0.2, -0.15) is 0 Å². The monoisotopic (exact) mass is 405 g/mol. The number of ether oxygens (including phenoxy) is 2. The molecule has 0 fully saturated rings. The molecule has 4 aromatic carbocycles. The predicted molar refractivity (Wildman–Crippen MR) is 127 cm³/mol. The Kier molecular flexibility index (Phi) is 6.56. The summed E-state index contributed by atoms with van der Waals surface area (Å²) in [6.07, 6.45) is 1.66. The molecule has 0 unspecified atom stereocenters. The highest BCUT2D eigenvalue weighted by Crippen LogP contribution is 2.25. The molecular formula is C28H23NO2. The average molecular weight is 405 g/mol. The standard InChI is InChI=1S/C28H23NO2/c1-22(21-30-26-17-9-4-10-18-26)28(29-25-15-7-3-8-16-25)31-27-19-11-14-24(20-27)23-12-5-2-6-13-23/h2-21H,1H3/b22-21+,29-28+. The zero-order chi connectivity index (χ0) is 21.3. The molecule has 31 heavy (non-hydrogen) atoms. The molecule has 0 bridgehead atoms. The number of nitrogens with zero attached hydrogens (tertiary/aromatic N) is 1. The highest BCUT2D eigenvalue weighted by atomic mass is 16.5. The molecule has 0 saturated heterocycles. The van der Waals surface area contributed by atoms with Gasteiger partial charge in [-0.1, -0.05) is 78.9 Å². The molecule has 4 aromatic rings. The molecule has 0 amide bonds. The molecule has 0 aliphatic heterocycles. The fourth-order valence-corrected chi connectivity index (χ4v) is 3.00. The van der Waals surface area contributed by atoms with Gasteiger partial charge in [0, 0.05) is 5.57 Å². The van der Waals surface area contributed by atoms with Gasteiger partial charge in [0.05, 0.1) is 11.9 Å². The topological polar surface area (TPSA) is 30.8 Å². The van der Waals surface area contributed by atoms with E-state index < -0.39 is 0 Å². The van der Waals surface area contributed by atoms with Gasteiger partial charge in [-0.15, -0.1) is 0 Å². The molecule has 0 aliphatic rings. The maximum Gasteiger partial charge on any atom is 0.225 e. The van der Waals surface area contributed by atoms with E-state index in [1.807, 2.05) is 104 Å². The first-order valence-electron chi connectivity index (χ1n) is 10.1. The molecule has 152 valence electrons. The van der Waals surface area contributed by atoms with Gasteiger partial charge >= 0.3 is 0 Å². The number of rotatable bonds is 6. The minimum atomic E-state index is 0.479. The van der Waals surface area contributed by atoms with Gasteiger partial charge in [0.2, 0.25) is 5.90 Å². The second-order valence-corrected chi connectivity index (χ2v) is 6.98. The van der Waals surface area contributed by atoms with Crippen molar-refractivity contribution in [3.05, 3.63) is 127 Å². The second-order valence-electron chi connectivity index (χ2n) is 6.98. The first kappa shape index (κ1) is 20.2. The Hall–Kier alpha value is -4.11. The zero-order valence-electron chi connectivity index (χ0n) is 17.3. The van der Waals surface area contributed by atoms with E-state index in [0.717, 1.165) is 28.1 Å². The van der Waals surface area contributed by atoms with Crippen LogP contribution < -0.4 is 9.47 Å². The number of aliphatic imine (C=N–C) groups is 1. The van der Waals surface area contributed by atoms with Crippen LogP contribution in [0.5, 0.6) is 11.5 Å². The van der Waals surface area contributed by atoms with Gasteiger partial charge < -0.3 is 9.47 Å². The van der Waals surface area contributed by atoms with Crippen molar-refractivity contribution >= 4 is 11.6 Å². The fourth-order valence-electron chi connectivity index (χ4n) is 3.00. The van der Waals surface area contributed by atoms with E-state index in [2.05, 4.69) is 18.2 Å². The van der Waals surface area contributed by atoms with E-state index in [0.29, 0.717) is 11.6 Å². The lowest BCUT2D eigenvalue weighted by Gasteiger charge is -2.11. The lowest BCUT2D eigenvalue weighted by Crippen LogP contribution is -2.11. The van der Waals surface area contributed by atoms with Gasteiger partial charge in [0.15, 0.2) is 0 Å². The minimum Gasteiger partial charge on any atom is -0.465 e. The van der Waals surface area contributed by atoms with E-state index in [1.54, 1.807) is 6.26 Å².